The number of fused-ring (bicyclic) bond motifs is 1. The van der Waals surface area contributed by atoms with Crippen LogP contribution in [0.4, 0.5) is 0 Å². The first-order valence-electron chi connectivity index (χ1n) is 10.3. The number of nitrogens with one attached hydrogen (secondary N) is 1. The molecule has 0 saturated carbocycles. The molecule has 4 rings (SSSR count). The average molecular weight is 373 g/mol. The first-order chi connectivity index (χ1) is 12.4. The van der Waals surface area contributed by atoms with Gasteiger partial charge in [-0.3, -0.25) is 0 Å². The highest BCUT2D eigenvalue weighted by atomic mass is 35.5. The van der Waals surface area contributed by atoms with Crippen molar-refractivity contribution >= 4 is 23.2 Å². The number of nitrogens with zero attached hydrogens (tertiary/aromatic N) is 1. The van der Waals surface area contributed by atoms with Gasteiger partial charge in [0.05, 0.1) is 0 Å². The van der Waals surface area contributed by atoms with Gasteiger partial charge >= 0.3 is 0 Å². The minimum atomic E-state index is 0. The summed E-state index contributed by atoms with van der Waals surface area (Å²) in [7, 11) is 0. The lowest BCUT2D eigenvalue weighted by Crippen LogP contribution is -2.34. The molecular formula is C23H33ClN2. The Balaban J connectivity index is 0.00000196. The molecule has 2 nitrogen and oxygen atoms in total. The predicted octanol–water partition coefficient (Wildman–Crippen LogP) is 5.22. The molecule has 2 saturated heterocycles. The van der Waals surface area contributed by atoms with Crippen molar-refractivity contribution in [3.63, 3.8) is 0 Å². The van der Waals surface area contributed by atoms with Gasteiger partial charge in [-0.15, -0.1) is 12.4 Å². The Labute approximate surface area is 164 Å². The van der Waals surface area contributed by atoms with Crippen molar-refractivity contribution in [2.75, 3.05) is 32.7 Å². The van der Waals surface area contributed by atoms with E-state index in [0.717, 1.165) is 11.8 Å². The summed E-state index contributed by atoms with van der Waals surface area (Å²) < 4.78 is 0. The van der Waals surface area contributed by atoms with Crippen LogP contribution in [0.1, 0.15) is 50.0 Å². The molecule has 1 atom stereocenters. The zero-order valence-corrected chi connectivity index (χ0v) is 16.6. The van der Waals surface area contributed by atoms with Gasteiger partial charge in [-0.1, -0.05) is 42.5 Å². The highest BCUT2D eigenvalue weighted by molar-refractivity contribution is 5.86. The molecule has 2 aromatic carbocycles. The van der Waals surface area contributed by atoms with E-state index in [-0.39, 0.29) is 12.4 Å². The second kappa shape index (κ2) is 9.73. The predicted molar refractivity (Wildman–Crippen MR) is 114 cm³/mol. The molecular weight excluding hydrogens is 340 g/mol. The lowest BCUT2D eigenvalue weighted by molar-refractivity contribution is 0.202. The number of piperidine rings is 2. The van der Waals surface area contributed by atoms with Crippen LogP contribution >= 0.6 is 12.4 Å². The lowest BCUT2D eigenvalue weighted by Gasteiger charge is -2.33. The zero-order valence-electron chi connectivity index (χ0n) is 15.8. The molecule has 26 heavy (non-hydrogen) atoms. The Morgan fingerprint density at radius 2 is 1.77 bits per heavy atom. The summed E-state index contributed by atoms with van der Waals surface area (Å²) in [6.45, 7) is 6.34. The molecule has 0 amide bonds. The van der Waals surface area contributed by atoms with Gasteiger partial charge in [0.1, 0.15) is 0 Å². The van der Waals surface area contributed by atoms with E-state index in [1.807, 2.05) is 0 Å². The topological polar surface area (TPSA) is 15.3 Å². The summed E-state index contributed by atoms with van der Waals surface area (Å²) in [5.41, 5.74) is 1.58. The van der Waals surface area contributed by atoms with E-state index in [0.29, 0.717) is 0 Å². The minimum Gasteiger partial charge on any atom is -0.316 e. The summed E-state index contributed by atoms with van der Waals surface area (Å²) in [6, 6.07) is 15.7. The molecule has 0 aliphatic carbocycles. The van der Waals surface area contributed by atoms with E-state index in [1.54, 1.807) is 5.56 Å². The molecule has 0 aromatic heterocycles. The van der Waals surface area contributed by atoms with Crippen molar-refractivity contribution in [1.82, 2.24) is 10.2 Å². The quantitative estimate of drug-likeness (QED) is 0.773. The number of likely N-dealkylation sites (tertiary alicyclic amines) is 1. The first-order valence-corrected chi connectivity index (χ1v) is 10.3. The maximum atomic E-state index is 3.55. The van der Waals surface area contributed by atoms with E-state index in [9.17, 15) is 0 Å². The largest absolute Gasteiger partial charge is 0.316 e. The Morgan fingerprint density at radius 3 is 2.58 bits per heavy atom. The maximum Gasteiger partial charge on any atom is -0.00129 e. The molecule has 2 aliphatic heterocycles. The highest BCUT2D eigenvalue weighted by Gasteiger charge is 2.22. The molecule has 2 aromatic rings. The fraction of sp³-hybridized carbons (Fsp3) is 0.565. The third-order valence-corrected chi connectivity index (χ3v) is 6.34. The van der Waals surface area contributed by atoms with Gasteiger partial charge in [0.2, 0.25) is 0 Å². The van der Waals surface area contributed by atoms with E-state index < -0.39 is 0 Å². The van der Waals surface area contributed by atoms with Crippen LogP contribution in [0.2, 0.25) is 0 Å². The van der Waals surface area contributed by atoms with Crippen LogP contribution in [0.5, 0.6) is 0 Å². The standard InChI is InChI=1S/C23H32N2.ClH/c1-2-10-22-20(8-1)9-3-11-23(22)21-12-16-25(17-13-21)15-5-7-19-6-4-14-24-18-19;/h1-3,8-11,19,21,24H,4-7,12-18H2;1H. The zero-order chi connectivity index (χ0) is 16.9. The molecule has 142 valence electrons. The number of rotatable bonds is 5. The van der Waals surface area contributed by atoms with Gasteiger partial charge in [-0.2, -0.15) is 0 Å². The fourth-order valence-electron chi connectivity index (χ4n) is 4.85. The van der Waals surface area contributed by atoms with Crippen molar-refractivity contribution in [2.24, 2.45) is 5.92 Å². The summed E-state index contributed by atoms with van der Waals surface area (Å²) in [5.74, 6) is 1.67. The molecule has 1 unspecified atom stereocenters. The van der Waals surface area contributed by atoms with Crippen LogP contribution in [0.3, 0.4) is 0 Å². The summed E-state index contributed by atoms with van der Waals surface area (Å²) in [6.07, 6.45) is 8.25. The highest BCUT2D eigenvalue weighted by Crippen LogP contribution is 2.33. The number of hydrogen-bond acceptors (Lipinski definition) is 2. The van der Waals surface area contributed by atoms with Crippen LogP contribution < -0.4 is 5.32 Å². The summed E-state index contributed by atoms with van der Waals surface area (Å²) >= 11 is 0. The Morgan fingerprint density at radius 1 is 0.962 bits per heavy atom. The number of halogens is 1. The van der Waals surface area contributed by atoms with Gasteiger partial charge in [0, 0.05) is 0 Å². The van der Waals surface area contributed by atoms with Crippen LogP contribution in [0, 0.1) is 5.92 Å². The van der Waals surface area contributed by atoms with E-state index in [2.05, 4.69) is 52.7 Å². The van der Waals surface area contributed by atoms with Crippen molar-refractivity contribution in [2.45, 2.75) is 44.4 Å². The molecule has 2 aliphatic rings. The van der Waals surface area contributed by atoms with Crippen LogP contribution in [-0.2, 0) is 0 Å². The third-order valence-electron chi connectivity index (χ3n) is 6.34. The normalized spacial score (nSPS) is 22.2. The number of benzene rings is 2. The first kappa shape index (κ1) is 19.7. The lowest BCUT2D eigenvalue weighted by atomic mass is 9.86. The van der Waals surface area contributed by atoms with Crippen molar-refractivity contribution < 1.29 is 0 Å². The molecule has 0 radical (unpaired) electrons. The van der Waals surface area contributed by atoms with Gasteiger partial charge in [0.15, 0.2) is 0 Å². The van der Waals surface area contributed by atoms with Crippen molar-refractivity contribution in [3.8, 4) is 0 Å². The van der Waals surface area contributed by atoms with E-state index >= 15 is 0 Å². The minimum absolute atomic E-state index is 0. The molecule has 2 heterocycles. The number of hydrogen-bond donors (Lipinski definition) is 1. The Kier molecular flexibility index (Phi) is 7.36. The van der Waals surface area contributed by atoms with E-state index in [1.165, 1.54) is 82.0 Å². The second-order valence-electron chi connectivity index (χ2n) is 8.04. The van der Waals surface area contributed by atoms with Crippen molar-refractivity contribution in [1.29, 1.82) is 0 Å². The van der Waals surface area contributed by atoms with Gasteiger partial charge in [-0.25, -0.2) is 0 Å². The molecule has 2 fully saturated rings. The maximum absolute atomic E-state index is 3.55. The van der Waals surface area contributed by atoms with Gasteiger partial charge in [0.25, 0.3) is 0 Å². The van der Waals surface area contributed by atoms with Crippen LogP contribution in [-0.4, -0.2) is 37.6 Å². The Bertz CT molecular complexity index is 667. The molecule has 3 heteroatoms. The fourth-order valence-corrected chi connectivity index (χ4v) is 4.85. The van der Waals surface area contributed by atoms with Crippen LogP contribution in [0.25, 0.3) is 10.8 Å². The summed E-state index contributed by atoms with van der Waals surface area (Å²) in [5, 5.41) is 6.41. The van der Waals surface area contributed by atoms with Crippen LogP contribution in [0.15, 0.2) is 42.5 Å². The molecule has 0 spiro atoms. The monoisotopic (exact) mass is 372 g/mol. The second-order valence-corrected chi connectivity index (χ2v) is 8.04. The SMILES string of the molecule is Cl.c1ccc2c(C3CCN(CCCC4CCCNC4)CC3)cccc2c1. The van der Waals surface area contributed by atoms with E-state index in [4.69, 9.17) is 0 Å². The van der Waals surface area contributed by atoms with Gasteiger partial charge < -0.3 is 10.2 Å². The molecule has 0 bridgehead atoms. The smallest absolute Gasteiger partial charge is 0.00129 e. The third kappa shape index (κ3) is 4.79. The Hall–Kier alpha value is -1.09. The van der Waals surface area contributed by atoms with Crippen molar-refractivity contribution in [3.05, 3.63) is 48.0 Å². The van der Waals surface area contributed by atoms with Gasteiger partial charge in [-0.05, 0) is 99.4 Å². The summed E-state index contributed by atoms with van der Waals surface area (Å²) in [4.78, 5) is 2.71. The average Bonchev–Trinajstić information content (AvgIpc) is 2.69. The molecule has 1 N–H and O–H groups in total.